The number of nitrogens with zero attached hydrogens (tertiary/aromatic N) is 2. The number of aromatic nitrogens is 1. The number of Topliss-reactive ketones (excluding diaryl/α,β-unsaturated/α-hetero) is 1. The highest BCUT2D eigenvalue weighted by Gasteiger charge is 2.05. The number of hydrogen-bond acceptors (Lipinski definition) is 4. The van der Waals surface area contributed by atoms with Crippen LogP contribution in [-0.4, -0.2) is 10.8 Å². The molecule has 0 amide bonds. The molecule has 0 radical (unpaired) electrons. The van der Waals surface area contributed by atoms with E-state index in [1.807, 2.05) is 6.07 Å². The summed E-state index contributed by atoms with van der Waals surface area (Å²) < 4.78 is 5.58. The molecule has 1 aromatic heterocycles. The van der Waals surface area contributed by atoms with Crippen LogP contribution in [0.3, 0.4) is 0 Å². The van der Waals surface area contributed by atoms with Crippen molar-refractivity contribution in [1.82, 2.24) is 4.98 Å². The Morgan fingerprint density at radius 3 is 2.95 bits per heavy atom. The average molecular weight is 252 g/mol. The van der Waals surface area contributed by atoms with Crippen LogP contribution < -0.4 is 4.74 Å². The second-order valence-electron chi connectivity index (χ2n) is 4.00. The van der Waals surface area contributed by atoms with Gasteiger partial charge in [-0.2, -0.15) is 5.26 Å². The predicted octanol–water partition coefficient (Wildman–Crippen LogP) is 2.73. The molecule has 0 saturated carbocycles. The zero-order chi connectivity index (χ0) is 13.7. The molecule has 0 spiro atoms. The minimum atomic E-state index is -0.00968. The first-order valence-electron chi connectivity index (χ1n) is 5.78. The normalized spacial score (nSPS) is 9.68. The summed E-state index contributed by atoms with van der Waals surface area (Å²) >= 11 is 0. The summed E-state index contributed by atoms with van der Waals surface area (Å²) in [6.45, 7) is 1.76. The Kier molecular flexibility index (Phi) is 3.89. The summed E-state index contributed by atoms with van der Waals surface area (Å²) in [6.07, 6.45) is 1.57. The van der Waals surface area contributed by atoms with E-state index in [9.17, 15) is 4.79 Å². The van der Waals surface area contributed by atoms with E-state index in [2.05, 4.69) is 4.98 Å². The molecular formula is C15H12N2O2. The number of hydrogen-bond donors (Lipinski definition) is 0. The number of benzene rings is 1. The molecule has 19 heavy (non-hydrogen) atoms. The van der Waals surface area contributed by atoms with Crippen LogP contribution in [0.2, 0.25) is 0 Å². The smallest absolute Gasteiger partial charge is 0.159 e. The Morgan fingerprint density at radius 1 is 1.37 bits per heavy atom. The molecule has 0 atom stereocenters. The van der Waals surface area contributed by atoms with Crippen LogP contribution in [0, 0.1) is 11.3 Å². The van der Waals surface area contributed by atoms with Crippen molar-refractivity contribution in [1.29, 1.82) is 5.26 Å². The fourth-order valence-corrected chi connectivity index (χ4v) is 1.62. The van der Waals surface area contributed by atoms with E-state index in [0.717, 1.165) is 5.56 Å². The largest absolute Gasteiger partial charge is 0.489 e. The average Bonchev–Trinajstić information content (AvgIpc) is 2.45. The van der Waals surface area contributed by atoms with Crippen LogP contribution in [0.1, 0.15) is 28.5 Å². The molecule has 0 aliphatic carbocycles. The second-order valence-corrected chi connectivity index (χ2v) is 4.00. The molecule has 4 heteroatoms. The van der Waals surface area contributed by atoms with Crippen molar-refractivity contribution in [3.05, 3.63) is 59.4 Å². The maximum atomic E-state index is 11.3. The minimum absolute atomic E-state index is 0.00968. The van der Waals surface area contributed by atoms with E-state index < -0.39 is 0 Å². The van der Waals surface area contributed by atoms with Crippen molar-refractivity contribution in [3.63, 3.8) is 0 Å². The van der Waals surface area contributed by atoms with Gasteiger partial charge in [0, 0.05) is 17.3 Å². The van der Waals surface area contributed by atoms with Crippen molar-refractivity contribution in [3.8, 4) is 11.8 Å². The molecule has 0 aliphatic heterocycles. The van der Waals surface area contributed by atoms with Gasteiger partial charge in [-0.25, -0.2) is 4.98 Å². The van der Waals surface area contributed by atoms with Gasteiger partial charge in [-0.1, -0.05) is 18.2 Å². The standard InChI is InChI=1S/C15H12N2O2/c1-11(18)12-4-2-6-14(8-12)19-10-13-5-3-7-17-15(13)9-16/h2-8H,10H2,1H3. The van der Waals surface area contributed by atoms with E-state index in [0.29, 0.717) is 17.0 Å². The third kappa shape index (κ3) is 3.17. The second kappa shape index (κ2) is 5.78. The van der Waals surface area contributed by atoms with Crippen LogP contribution in [0.4, 0.5) is 0 Å². The molecule has 1 aromatic carbocycles. The minimum Gasteiger partial charge on any atom is -0.489 e. The molecule has 2 rings (SSSR count). The zero-order valence-electron chi connectivity index (χ0n) is 10.5. The molecule has 0 unspecified atom stereocenters. The molecule has 1 heterocycles. The highest BCUT2D eigenvalue weighted by Crippen LogP contribution is 2.16. The first kappa shape index (κ1) is 12.8. The van der Waals surface area contributed by atoms with Crippen molar-refractivity contribution in [2.75, 3.05) is 0 Å². The van der Waals surface area contributed by atoms with Gasteiger partial charge in [-0.05, 0) is 25.1 Å². The third-order valence-electron chi connectivity index (χ3n) is 2.63. The Bertz CT molecular complexity index is 645. The van der Waals surface area contributed by atoms with Gasteiger partial charge in [-0.15, -0.1) is 0 Å². The highest BCUT2D eigenvalue weighted by molar-refractivity contribution is 5.94. The van der Waals surface area contributed by atoms with Crippen LogP contribution in [0.5, 0.6) is 5.75 Å². The Morgan fingerprint density at radius 2 is 2.21 bits per heavy atom. The van der Waals surface area contributed by atoms with Gasteiger partial charge in [0.15, 0.2) is 5.78 Å². The zero-order valence-corrected chi connectivity index (χ0v) is 10.5. The lowest BCUT2D eigenvalue weighted by Crippen LogP contribution is -2.00. The molecule has 0 fully saturated rings. The summed E-state index contributed by atoms with van der Waals surface area (Å²) in [5, 5.41) is 8.92. The lowest BCUT2D eigenvalue weighted by atomic mass is 10.1. The summed E-state index contributed by atoms with van der Waals surface area (Å²) in [7, 11) is 0. The van der Waals surface area contributed by atoms with Gasteiger partial charge in [0.05, 0.1) is 0 Å². The number of rotatable bonds is 4. The van der Waals surface area contributed by atoms with E-state index >= 15 is 0 Å². The van der Waals surface area contributed by atoms with Gasteiger partial charge in [0.1, 0.15) is 24.1 Å². The predicted molar refractivity (Wildman–Crippen MR) is 69.7 cm³/mol. The van der Waals surface area contributed by atoms with Gasteiger partial charge < -0.3 is 4.74 Å². The Labute approximate surface area is 111 Å². The van der Waals surface area contributed by atoms with Gasteiger partial charge in [-0.3, -0.25) is 4.79 Å². The van der Waals surface area contributed by atoms with E-state index in [-0.39, 0.29) is 12.4 Å². The Hall–Kier alpha value is -2.67. The van der Waals surface area contributed by atoms with Crippen molar-refractivity contribution in [2.24, 2.45) is 0 Å². The fraction of sp³-hybridized carbons (Fsp3) is 0.133. The van der Waals surface area contributed by atoms with Crippen molar-refractivity contribution >= 4 is 5.78 Å². The van der Waals surface area contributed by atoms with Crippen LogP contribution in [-0.2, 0) is 6.61 Å². The quantitative estimate of drug-likeness (QED) is 0.785. The molecule has 94 valence electrons. The number of carbonyl (C=O) groups is 1. The van der Waals surface area contributed by atoms with Crippen molar-refractivity contribution < 1.29 is 9.53 Å². The number of carbonyl (C=O) groups excluding carboxylic acids is 1. The number of pyridine rings is 1. The van der Waals surface area contributed by atoms with Crippen LogP contribution in [0.25, 0.3) is 0 Å². The van der Waals surface area contributed by atoms with E-state index in [1.54, 1.807) is 42.6 Å². The number of nitriles is 1. The highest BCUT2D eigenvalue weighted by atomic mass is 16.5. The summed E-state index contributed by atoms with van der Waals surface area (Å²) in [5.41, 5.74) is 1.67. The molecule has 0 bridgehead atoms. The molecular weight excluding hydrogens is 240 g/mol. The van der Waals surface area contributed by atoms with Crippen LogP contribution in [0.15, 0.2) is 42.6 Å². The third-order valence-corrected chi connectivity index (χ3v) is 2.63. The summed E-state index contributed by atoms with van der Waals surface area (Å²) in [4.78, 5) is 15.2. The molecule has 0 aliphatic rings. The first-order chi connectivity index (χ1) is 9.20. The molecule has 2 aromatic rings. The van der Waals surface area contributed by atoms with Gasteiger partial charge in [0.2, 0.25) is 0 Å². The van der Waals surface area contributed by atoms with Crippen LogP contribution >= 0.6 is 0 Å². The number of ketones is 1. The number of ether oxygens (including phenoxy) is 1. The van der Waals surface area contributed by atoms with Gasteiger partial charge in [0.25, 0.3) is 0 Å². The summed E-state index contributed by atoms with van der Waals surface area (Å²) in [5.74, 6) is 0.588. The lowest BCUT2D eigenvalue weighted by Gasteiger charge is -2.07. The van der Waals surface area contributed by atoms with E-state index in [1.165, 1.54) is 6.92 Å². The summed E-state index contributed by atoms with van der Waals surface area (Å²) in [6, 6.07) is 12.5. The molecule has 0 saturated heterocycles. The molecule has 0 N–H and O–H groups in total. The maximum Gasteiger partial charge on any atom is 0.159 e. The lowest BCUT2D eigenvalue weighted by molar-refractivity contribution is 0.101. The topological polar surface area (TPSA) is 63.0 Å². The van der Waals surface area contributed by atoms with E-state index in [4.69, 9.17) is 10.00 Å². The molecule has 4 nitrogen and oxygen atoms in total. The Balaban J connectivity index is 2.13. The maximum absolute atomic E-state index is 11.3. The first-order valence-corrected chi connectivity index (χ1v) is 5.78. The fourth-order valence-electron chi connectivity index (χ4n) is 1.62. The van der Waals surface area contributed by atoms with Gasteiger partial charge >= 0.3 is 0 Å². The SMILES string of the molecule is CC(=O)c1cccc(OCc2cccnc2C#N)c1. The monoisotopic (exact) mass is 252 g/mol. The van der Waals surface area contributed by atoms with Crippen molar-refractivity contribution in [2.45, 2.75) is 13.5 Å².